The largest absolute Gasteiger partial charge is 0.398 e. The van der Waals surface area contributed by atoms with E-state index in [-0.39, 0.29) is 4.90 Å². The van der Waals surface area contributed by atoms with Crippen molar-refractivity contribution >= 4 is 21.4 Å². The molecule has 21 heavy (non-hydrogen) atoms. The Bertz CT molecular complexity index is 834. The van der Waals surface area contributed by atoms with Crippen LogP contribution in [0.3, 0.4) is 0 Å². The smallest absolute Gasteiger partial charge is 0.262 e. The molecule has 4 nitrogen and oxygen atoms in total. The number of rotatable bonds is 3. The Kier molecular flexibility index (Phi) is 3.92. The van der Waals surface area contributed by atoms with Crippen molar-refractivity contribution in [1.82, 2.24) is 0 Å². The molecule has 0 heterocycles. The van der Waals surface area contributed by atoms with Crippen LogP contribution in [0.4, 0.5) is 11.4 Å². The highest BCUT2D eigenvalue weighted by Crippen LogP contribution is 2.26. The summed E-state index contributed by atoms with van der Waals surface area (Å²) in [7, 11) is -3.72. The summed E-state index contributed by atoms with van der Waals surface area (Å²) in [4.78, 5) is 0.202. The lowest BCUT2D eigenvalue weighted by atomic mass is 10.1. The molecule has 0 aliphatic heterocycles. The minimum atomic E-state index is -3.72. The number of benzene rings is 2. The highest BCUT2D eigenvalue weighted by atomic mass is 32.2. The molecule has 0 amide bonds. The van der Waals surface area contributed by atoms with Crippen LogP contribution in [0.2, 0.25) is 0 Å². The van der Waals surface area contributed by atoms with Crippen molar-refractivity contribution in [3.8, 4) is 12.3 Å². The van der Waals surface area contributed by atoms with Crippen LogP contribution in [0, 0.1) is 26.2 Å². The predicted molar refractivity (Wildman–Crippen MR) is 85.5 cm³/mol. The number of hydrogen-bond donors (Lipinski definition) is 2. The summed E-state index contributed by atoms with van der Waals surface area (Å²) in [6, 6.07) is 10.1. The molecule has 0 aliphatic rings. The van der Waals surface area contributed by atoms with E-state index in [0.717, 1.165) is 0 Å². The van der Waals surface area contributed by atoms with Gasteiger partial charge in [0.25, 0.3) is 10.0 Å². The number of aryl methyl sites for hydroxylation is 1. The fourth-order valence-corrected chi connectivity index (χ4v) is 3.69. The average molecular weight is 300 g/mol. The molecule has 5 heteroatoms. The van der Waals surface area contributed by atoms with Crippen LogP contribution >= 0.6 is 0 Å². The lowest BCUT2D eigenvalue weighted by Gasteiger charge is -2.14. The summed E-state index contributed by atoms with van der Waals surface area (Å²) in [6.07, 6.45) is 5.32. The van der Waals surface area contributed by atoms with Crippen LogP contribution in [0.1, 0.15) is 16.7 Å². The lowest BCUT2D eigenvalue weighted by Crippen LogP contribution is -2.16. The number of anilines is 2. The Morgan fingerprint density at radius 2 is 1.90 bits per heavy atom. The molecule has 0 radical (unpaired) electrons. The second-order valence-electron chi connectivity index (χ2n) is 4.76. The van der Waals surface area contributed by atoms with Crippen LogP contribution in [0.25, 0.3) is 0 Å². The topological polar surface area (TPSA) is 72.2 Å². The Morgan fingerprint density at radius 3 is 2.57 bits per heavy atom. The summed E-state index contributed by atoms with van der Waals surface area (Å²) in [6.45, 7) is 3.42. The molecule has 0 bridgehead atoms. The molecule has 0 saturated heterocycles. The van der Waals surface area contributed by atoms with E-state index in [9.17, 15) is 8.42 Å². The minimum Gasteiger partial charge on any atom is -0.398 e. The van der Waals surface area contributed by atoms with Crippen molar-refractivity contribution in [3.63, 3.8) is 0 Å². The third-order valence-electron chi connectivity index (χ3n) is 3.19. The number of terminal acetylenes is 1. The van der Waals surface area contributed by atoms with Crippen molar-refractivity contribution in [1.29, 1.82) is 0 Å². The Labute approximate surface area is 125 Å². The zero-order chi connectivity index (χ0) is 15.6. The van der Waals surface area contributed by atoms with E-state index in [0.29, 0.717) is 28.1 Å². The summed E-state index contributed by atoms with van der Waals surface area (Å²) >= 11 is 0. The van der Waals surface area contributed by atoms with Crippen LogP contribution in [-0.4, -0.2) is 8.42 Å². The first kappa shape index (κ1) is 14.9. The van der Waals surface area contributed by atoms with Crippen LogP contribution < -0.4 is 10.5 Å². The first-order valence-corrected chi connectivity index (χ1v) is 7.78. The Morgan fingerprint density at radius 1 is 1.19 bits per heavy atom. The molecule has 2 rings (SSSR count). The molecule has 0 atom stereocenters. The molecule has 2 aromatic carbocycles. The third kappa shape index (κ3) is 3.01. The first-order chi connectivity index (χ1) is 9.85. The summed E-state index contributed by atoms with van der Waals surface area (Å²) in [5.74, 6) is 2.47. The quantitative estimate of drug-likeness (QED) is 0.676. The first-order valence-electron chi connectivity index (χ1n) is 6.30. The van der Waals surface area contributed by atoms with Crippen molar-refractivity contribution in [2.75, 3.05) is 10.5 Å². The van der Waals surface area contributed by atoms with Gasteiger partial charge in [-0.1, -0.05) is 18.1 Å². The van der Waals surface area contributed by atoms with Gasteiger partial charge >= 0.3 is 0 Å². The average Bonchev–Trinajstić information content (AvgIpc) is 2.42. The van der Waals surface area contributed by atoms with E-state index in [1.54, 1.807) is 50.2 Å². The van der Waals surface area contributed by atoms with E-state index in [1.165, 1.54) is 0 Å². The van der Waals surface area contributed by atoms with Gasteiger partial charge < -0.3 is 5.73 Å². The van der Waals surface area contributed by atoms with Gasteiger partial charge in [0.1, 0.15) is 0 Å². The molecular weight excluding hydrogens is 284 g/mol. The van der Waals surface area contributed by atoms with Gasteiger partial charge in [-0.3, -0.25) is 4.72 Å². The van der Waals surface area contributed by atoms with Crippen molar-refractivity contribution in [3.05, 3.63) is 53.1 Å². The number of nitrogen functional groups attached to an aromatic ring is 1. The SMILES string of the molecule is C#Cc1cccc(NS(=O)(=O)c2c(C)ccc(N)c2C)c1. The second kappa shape index (κ2) is 5.51. The molecule has 0 spiro atoms. The molecule has 0 saturated carbocycles. The molecule has 0 unspecified atom stereocenters. The van der Waals surface area contributed by atoms with Gasteiger partial charge in [-0.15, -0.1) is 6.42 Å². The Hall–Kier alpha value is -2.45. The molecule has 0 aliphatic carbocycles. The van der Waals surface area contributed by atoms with Crippen LogP contribution in [-0.2, 0) is 10.0 Å². The molecule has 0 fully saturated rings. The van der Waals surface area contributed by atoms with Gasteiger partial charge in [0, 0.05) is 11.3 Å². The maximum atomic E-state index is 12.6. The van der Waals surface area contributed by atoms with Crippen molar-refractivity contribution in [2.24, 2.45) is 0 Å². The third-order valence-corrected chi connectivity index (χ3v) is 4.86. The maximum Gasteiger partial charge on any atom is 0.262 e. The van der Waals surface area contributed by atoms with E-state index < -0.39 is 10.0 Å². The number of hydrogen-bond acceptors (Lipinski definition) is 3. The molecule has 0 aromatic heterocycles. The predicted octanol–water partition coefficient (Wildman–Crippen LogP) is 2.67. The normalized spacial score (nSPS) is 10.9. The van der Waals surface area contributed by atoms with E-state index in [2.05, 4.69) is 10.6 Å². The standard InChI is InChI=1S/C16H16N2O2S/c1-4-13-6-5-7-14(10-13)18-21(19,20)16-11(2)8-9-15(17)12(16)3/h1,5-10,18H,17H2,2-3H3. The number of nitrogens with two attached hydrogens (primary N) is 1. The number of nitrogens with one attached hydrogen (secondary N) is 1. The van der Waals surface area contributed by atoms with E-state index in [1.807, 2.05) is 0 Å². The van der Waals surface area contributed by atoms with Gasteiger partial charge in [-0.2, -0.15) is 0 Å². The zero-order valence-electron chi connectivity index (χ0n) is 11.8. The van der Waals surface area contributed by atoms with Crippen LogP contribution in [0.5, 0.6) is 0 Å². The molecule has 3 N–H and O–H groups in total. The van der Waals surface area contributed by atoms with Gasteiger partial charge in [-0.25, -0.2) is 8.42 Å². The monoisotopic (exact) mass is 300 g/mol. The van der Waals surface area contributed by atoms with Gasteiger partial charge in [0.2, 0.25) is 0 Å². The van der Waals surface area contributed by atoms with E-state index >= 15 is 0 Å². The Balaban J connectivity index is 2.49. The fraction of sp³-hybridized carbons (Fsp3) is 0.125. The molecule has 108 valence electrons. The zero-order valence-corrected chi connectivity index (χ0v) is 12.7. The lowest BCUT2D eigenvalue weighted by molar-refractivity contribution is 0.600. The highest BCUT2D eigenvalue weighted by molar-refractivity contribution is 7.92. The summed E-state index contributed by atoms with van der Waals surface area (Å²) < 4.78 is 27.7. The highest BCUT2D eigenvalue weighted by Gasteiger charge is 2.21. The summed E-state index contributed by atoms with van der Waals surface area (Å²) in [5.41, 5.74) is 8.46. The second-order valence-corrected chi connectivity index (χ2v) is 6.38. The van der Waals surface area contributed by atoms with Gasteiger partial charge in [-0.05, 0) is 49.2 Å². The molecular formula is C16H16N2O2S. The maximum absolute atomic E-state index is 12.6. The summed E-state index contributed by atoms with van der Waals surface area (Å²) in [5, 5.41) is 0. The molecule has 2 aromatic rings. The minimum absolute atomic E-state index is 0.202. The fourth-order valence-electron chi connectivity index (χ4n) is 2.13. The van der Waals surface area contributed by atoms with Gasteiger partial charge in [0.05, 0.1) is 10.6 Å². The van der Waals surface area contributed by atoms with E-state index in [4.69, 9.17) is 12.2 Å². The van der Waals surface area contributed by atoms with Crippen LogP contribution in [0.15, 0.2) is 41.3 Å². The number of sulfonamides is 1. The van der Waals surface area contributed by atoms with Crippen molar-refractivity contribution in [2.45, 2.75) is 18.7 Å². The van der Waals surface area contributed by atoms with Crippen molar-refractivity contribution < 1.29 is 8.42 Å². The van der Waals surface area contributed by atoms with Gasteiger partial charge in [0.15, 0.2) is 0 Å².